The number of fused-ring (bicyclic) bond motifs is 1. The van der Waals surface area contributed by atoms with E-state index in [1.54, 1.807) is 6.07 Å². The van der Waals surface area contributed by atoms with Crippen molar-refractivity contribution in [2.24, 2.45) is 0 Å². The molecule has 2 N–H and O–H groups in total. The molecular formula is C13H17N5O2. The van der Waals surface area contributed by atoms with Gasteiger partial charge in [-0.1, -0.05) is 0 Å². The van der Waals surface area contributed by atoms with Crippen LogP contribution >= 0.6 is 0 Å². The molecule has 0 spiro atoms. The lowest BCUT2D eigenvalue weighted by molar-refractivity contribution is 0.112. The number of hydrogen-bond acceptors (Lipinski definition) is 4. The molecule has 1 aliphatic heterocycles. The fourth-order valence-corrected chi connectivity index (χ4v) is 2.31. The predicted molar refractivity (Wildman–Crippen MR) is 73.7 cm³/mol. The van der Waals surface area contributed by atoms with Crippen molar-refractivity contribution in [2.75, 3.05) is 18.5 Å². The highest BCUT2D eigenvalue weighted by Gasteiger charge is 2.16. The molecule has 1 saturated heterocycles. The van der Waals surface area contributed by atoms with Gasteiger partial charge in [-0.2, -0.15) is 0 Å². The topological polar surface area (TPSA) is 80.5 Å². The molecule has 0 aliphatic carbocycles. The fraction of sp³-hybridized carbons (Fsp3) is 0.462. The molecule has 0 radical (unpaired) electrons. The average molecular weight is 275 g/mol. The van der Waals surface area contributed by atoms with Crippen LogP contribution in [0.4, 0.5) is 10.5 Å². The first kappa shape index (κ1) is 12.9. The van der Waals surface area contributed by atoms with Gasteiger partial charge in [-0.3, -0.25) is 4.40 Å². The number of nitrogens with one attached hydrogen (secondary N) is 2. The number of ether oxygens (including phenoxy) is 1. The number of hydrogen-bond donors (Lipinski definition) is 2. The average Bonchev–Trinajstić information content (AvgIpc) is 3.08. The molecule has 3 heterocycles. The summed E-state index contributed by atoms with van der Waals surface area (Å²) < 4.78 is 7.29. The fourth-order valence-electron chi connectivity index (χ4n) is 2.31. The summed E-state index contributed by atoms with van der Waals surface area (Å²) in [7, 11) is 0. The Labute approximate surface area is 116 Å². The maximum atomic E-state index is 11.9. The smallest absolute Gasteiger partial charge is 0.319 e. The molecule has 2 aromatic rings. The van der Waals surface area contributed by atoms with Crippen LogP contribution in [-0.4, -0.2) is 39.9 Å². The van der Waals surface area contributed by atoms with Gasteiger partial charge < -0.3 is 15.4 Å². The van der Waals surface area contributed by atoms with Crippen LogP contribution in [0.3, 0.4) is 0 Å². The Morgan fingerprint density at radius 1 is 1.55 bits per heavy atom. The number of amides is 2. The summed E-state index contributed by atoms with van der Waals surface area (Å²) in [6.45, 7) is 3.17. The summed E-state index contributed by atoms with van der Waals surface area (Å²) in [6.07, 6.45) is 4.05. The third-order valence-corrected chi connectivity index (χ3v) is 3.37. The second-order valence-electron chi connectivity index (χ2n) is 4.83. The van der Waals surface area contributed by atoms with Crippen LogP contribution in [0, 0.1) is 6.92 Å². The number of urea groups is 1. The lowest BCUT2D eigenvalue weighted by atomic mass is 10.2. The minimum Gasteiger partial charge on any atom is -0.376 e. The van der Waals surface area contributed by atoms with Crippen LogP contribution in [0.5, 0.6) is 0 Å². The highest BCUT2D eigenvalue weighted by atomic mass is 16.5. The second-order valence-corrected chi connectivity index (χ2v) is 4.83. The van der Waals surface area contributed by atoms with Gasteiger partial charge >= 0.3 is 6.03 Å². The number of aryl methyl sites for hydroxylation is 1. The van der Waals surface area contributed by atoms with Gasteiger partial charge in [0, 0.05) is 19.3 Å². The number of rotatable bonds is 3. The summed E-state index contributed by atoms with van der Waals surface area (Å²) in [5.74, 6) is 0.781. The molecule has 0 aromatic carbocycles. The van der Waals surface area contributed by atoms with Gasteiger partial charge in [-0.05, 0) is 31.9 Å². The van der Waals surface area contributed by atoms with E-state index in [4.69, 9.17) is 4.74 Å². The lowest BCUT2D eigenvalue weighted by Crippen LogP contribution is -2.35. The summed E-state index contributed by atoms with van der Waals surface area (Å²) >= 11 is 0. The van der Waals surface area contributed by atoms with Gasteiger partial charge in [0.15, 0.2) is 5.65 Å². The standard InChI is InChI=1S/C13H17N5O2/c1-9-16-17-12-11(5-2-6-18(9)12)15-13(19)14-8-10-4-3-7-20-10/h2,5-6,10H,3-4,7-8H2,1H3,(H2,14,15,19). The third-order valence-electron chi connectivity index (χ3n) is 3.37. The Balaban J connectivity index is 1.64. The van der Waals surface area contributed by atoms with Crippen molar-refractivity contribution in [3.05, 3.63) is 24.2 Å². The van der Waals surface area contributed by atoms with E-state index in [0.717, 1.165) is 25.3 Å². The highest BCUT2D eigenvalue weighted by Crippen LogP contribution is 2.15. The van der Waals surface area contributed by atoms with E-state index in [0.29, 0.717) is 17.9 Å². The molecule has 1 atom stereocenters. The van der Waals surface area contributed by atoms with Gasteiger partial charge in [0.1, 0.15) is 5.82 Å². The number of carbonyl (C=O) groups is 1. The van der Waals surface area contributed by atoms with Gasteiger partial charge in [0.2, 0.25) is 0 Å². The Hall–Kier alpha value is -2.15. The zero-order valence-electron chi connectivity index (χ0n) is 11.3. The van der Waals surface area contributed by atoms with E-state index < -0.39 is 0 Å². The third kappa shape index (κ3) is 2.57. The SMILES string of the molecule is Cc1nnc2c(NC(=O)NCC3CCCO3)cccn12. The molecule has 7 nitrogen and oxygen atoms in total. The zero-order valence-corrected chi connectivity index (χ0v) is 11.3. The molecule has 106 valence electrons. The number of anilines is 1. The molecule has 20 heavy (non-hydrogen) atoms. The lowest BCUT2D eigenvalue weighted by Gasteiger charge is -2.12. The van der Waals surface area contributed by atoms with Gasteiger partial charge in [0.25, 0.3) is 0 Å². The van der Waals surface area contributed by atoms with E-state index in [1.165, 1.54) is 0 Å². The maximum Gasteiger partial charge on any atom is 0.319 e. The Morgan fingerprint density at radius 3 is 3.25 bits per heavy atom. The molecule has 0 saturated carbocycles. The zero-order chi connectivity index (χ0) is 13.9. The first-order chi connectivity index (χ1) is 9.74. The van der Waals surface area contributed by atoms with E-state index in [-0.39, 0.29) is 12.1 Å². The van der Waals surface area contributed by atoms with Crippen molar-refractivity contribution < 1.29 is 9.53 Å². The number of carbonyl (C=O) groups excluding carboxylic acids is 1. The van der Waals surface area contributed by atoms with Crippen molar-refractivity contribution in [3.8, 4) is 0 Å². The monoisotopic (exact) mass is 275 g/mol. The molecule has 1 aliphatic rings. The van der Waals surface area contributed by atoms with E-state index >= 15 is 0 Å². The maximum absolute atomic E-state index is 11.9. The molecule has 1 fully saturated rings. The molecule has 1 unspecified atom stereocenters. The van der Waals surface area contributed by atoms with Crippen LogP contribution in [-0.2, 0) is 4.74 Å². The van der Waals surface area contributed by atoms with Crippen LogP contribution in [0.25, 0.3) is 5.65 Å². The van der Waals surface area contributed by atoms with Crippen molar-refractivity contribution in [2.45, 2.75) is 25.9 Å². The summed E-state index contributed by atoms with van der Waals surface area (Å²) in [6, 6.07) is 3.39. The van der Waals surface area contributed by atoms with Crippen LogP contribution < -0.4 is 10.6 Å². The summed E-state index contributed by atoms with van der Waals surface area (Å²) in [5, 5.41) is 13.7. The van der Waals surface area contributed by atoms with Crippen molar-refractivity contribution in [1.82, 2.24) is 19.9 Å². The van der Waals surface area contributed by atoms with Crippen LogP contribution in [0.2, 0.25) is 0 Å². The van der Waals surface area contributed by atoms with E-state index in [2.05, 4.69) is 20.8 Å². The minimum absolute atomic E-state index is 0.131. The van der Waals surface area contributed by atoms with Gasteiger partial charge in [0.05, 0.1) is 11.8 Å². The molecule has 3 rings (SSSR count). The van der Waals surface area contributed by atoms with Crippen molar-refractivity contribution in [3.63, 3.8) is 0 Å². The minimum atomic E-state index is -0.255. The molecule has 7 heteroatoms. The Kier molecular flexibility index (Phi) is 3.51. The molecule has 2 aromatic heterocycles. The number of aromatic nitrogens is 3. The Bertz CT molecular complexity index is 618. The van der Waals surface area contributed by atoms with Crippen molar-refractivity contribution in [1.29, 1.82) is 0 Å². The van der Waals surface area contributed by atoms with Crippen LogP contribution in [0.1, 0.15) is 18.7 Å². The molecular weight excluding hydrogens is 258 g/mol. The number of pyridine rings is 1. The first-order valence-electron chi connectivity index (χ1n) is 6.71. The normalized spacial score (nSPS) is 18.4. The summed E-state index contributed by atoms with van der Waals surface area (Å²) in [4.78, 5) is 11.9. The predicted octanol–water partition coefficient (Wildman–Crippen LogP) is 1.34. The highest BCUT2D eigenvalue weighted by molar-refractivity contribution is 5.93. The van der Waals surface area contributed by atoms with E-state index in [9.17, 15) is 4.79 Å². The number of nitrogens with zero attached hydrogens (tertiary/aromatic N) is 3. The van der Waals surface area contributed by atoms with Gasteiger partial charge in [-0.25, -0.2) is 4.79 Å². The largest absolute Gasteiger partial charge is 0.376 e. The van der Waals surface area contributed by atoms with Gasteiger partial charge in [-0.15, -0.1) is 10.2 Å². The van der Waals surface area contributed by atoms with E-state index in [1.807, 2.05) is 23.6 Å². The van der Waals surface area contributed by atoms with Crippen LogP contribution in [0.15, 0.2) is 18.3 Å². The summed E-state index contributed by atoms with van der Waals surface area (Å²) in [5.41, 5.74) is 1.27. The van der Waals surface area contributed by atoms with Crippen molar-refractivity contribution >= 4 is 17.4 Å². The molecule has 0 bridgehead atoms. The second kappa shape index (κ2) is 5.46. The Morgan fingerprint density at radius 2 is 2.45 bits per heavy atom. The quantitative estimate of drug-likeness (QED) is 0.885. The molecule has 2 amide bonds. The first-order valence-corrected chi connectivity index (χ1v) is 6.71.